The van der Waals surface area contributed by atoms with Crippen LogP contribution in [-0.4, -0.2) is 42.3 Å². The number of carbonyl (C=O) groups excluding carboxylic acids is 4. The average Bonchev–Trinajstić information content (AvgIpc) is 2.92. The number of primary amides is 1. The summed E-state index contributed by atoms with van der Waals surface area (Å²) in [6.07, 6.45) is 0. The largest absolute Gasteiger partial charge is 0.497 e. The van der Waals surface area contributed by atoms with E-state index in [9.17, 15) is 19.2 Å². The minimum absolute atomic E-state index is 0.297. The van der Waals surface area contributed by atoms with Gasteiger partial charge in [-0.1, -0.05) is 12.1 Å². The molecule has 0 aromatic heterocycles. The zero-order valence-electron chi connectivity index (χ0n) is 15.9. The summed E-state index contributed by atoms with van der Waals surface area (Å²) in [7, 11) is 1.50. The van der Waals surface area contributed by atoms with Crippen LogP contribution in [0.1, 0.15) is 22.8 Å². The number of urea groups is 1. The van der Waals surface area contributed by atoms with E-state index in [1.807, 2.05) is 0 Å². The van der Waals surface area contributed by atoms with E-state index in [-0.39, 0.29) is 0 Å². The Morgan fingerprint density at radius 2 is 1.86 bits per heavy atom. The first-order valence-corrected chi connectivity index (χ1v) is 8.73. The van der Waals surface area contributed by atoms with Gasteiger partial charge < -0.3 is 21.1 Å². The van der Waals surface area contributed by atoms with Gasteiger partial charge in [-0.15, -0.1) is 0 Å². The number of methoxy groups -OCH3 is 1. The van der Waals surface area contributed by atoms with Crippen LogP contribution < -0.4 is 21.1 Å². The molecule has 1 saturated heterocycles. The molecule has 2 aromatic rings. The van der Waals surface area contributed by atoms with E-state index in [0.29, 0.717) is 22.6 Å². The van der Waals surface area contributed by atoms with Crippen LogP contribution in [0.15, 0.2) is 48.5 Å². The molecule has 5 amide bonds. The number of hydrogen-bond acceptors (Lipinski definition) is 5. The number of amides is 5. The van der Waals surface area contributed by atoms with Crippen LogP contribution in [0.3, 0.4) is 0 Å². The van der Waals surface area contributed by atoms with Crippen molar-refractivity contribution in [3.8, 4) is 5.75 Å². The Morgan fingerprint density at radius 3 is 2.48 bits per heavy atom. The summed E-state index contributed by atoms with van der Waals surface area (Å²) in [5.74, 6) is -1.15. The molecule has 0 unspecified atom stereocenters. The number of nitrogens with two attached hydrogens (primary N) is 1. The highest BCUT2D eigenvalue weighted by Crippen LogP contribution is 2.30. The molecule has 3 rings (SSSR count). The van der Waals surface area contributed by atoms with Crippen molar-refractivity contribution < 1.29 is 23.9 Å². The van der Waals surface area contributed by atoms with Gasteiger partial charge in [0.05, 0.1) is 7.11 Å². The molecule has 1 fully saturated rings. The number of imide groups is 1. The summed E-state index contributed by atoms with van der Waals surface area (Å²) in [5.41, 5.74) is 5.11. The highest BCUT2D eigenvalue weighted by atomic mass is 16.5. The van der Waals surface area contributed by atoms with Crippen LogP contribution in [0.25, 0.3) is 0 Å². The second-order valence-corrected chi connectivity index (χ2v) is 6.67. The molecule has 1 atom stereocenters. The quantitative estimate of drug-likeness (QED) is 0.632. The molecule has 0 aliphatic carbocycles. The maximum atomic E-state index is 12.9. The van der Waals surface area contributed by atoms with Crippen molar-refractivity contribution in [1.82, 2.24) is 10.2 Å². The Hall–Kier alpha value is -3.88. The van der Waals surface area contributed by atoms with E-state index in [1.165, 1.54) is 31.4 Å². The van der Waals surface area contributed by atoms with Gasteiger partial charge in [-0.05, 0) is 48.9 Å². The summed E-state index contributed by atoms with van der Waals surface area (Å²) in [4.78, 5) is 49.6. The van der Waals surface area contributed by atoms with E-state index in [4.69, 9.17) is 10.5 Å². The number of nitrogens with one attached hydrogen (secondary N) is 2. The molecule has 1 aliphatic rings. The minimum Gasteiger partial charge on any atom is -0.497 e. The first-order valence-electron chi connectivity index (χ1n) is 8.73. The average molecular weight is 396 g/mol. The van der Waals surface area contributed by atoms with Crippen molar-refractivity contribution in [2.24, 2.45) is 5.73 Å². The number of carbonyl (C=O) groups is 4. The molecule has 0 saturated carbocycles. The molecule has 1 aliphatic heterocycles. The number of ether oxygens (including phenoxy) is 1. The molecular weight excluding hydrogens is 376 g/mol. The zero-order chi connectivity index (χ0) is 21.2. The fourth-order valence-corrected chi connectivity index (χ4v) is 3.03. The highest BCUT2D eigenvalue weighted by molar-refractivity contribution is 6.10. The van der Waals surface area contributed by atoms with Gasteiger partial charge in [0.1, 0.15) is 17.8 Å². The van der Waals surface area contributed by atoms with Crippen LogP contribution >= 0.6 is 0 Å². The summed E-state index contributed by atoms with van der Waals surface area (Å²) in [6.45, 7) is 1.12. The Labute approximate surface area is 166 Å². The third-order valence-corrected chi connectivity index (χ3v) is 4.68. The normalized spacial score (nSPS) is 18.3. The standard InChI is InChI=1S/C20H20N4O5/c1-20(13-4-3-5-15(10-13)29-2)18(27)24(19(28)23-20)11-16(25)22-14-8-6-12(7-9-14)17(21)26/h3-10H,11H2,1-2H3,(H2,21,26)(H,22,25)(H,23,28)/t20-/m0/s1. The number of nitrogens with zero attached hydrogens (tertiary/aromatic N) is 1. The molecule has 9 nitrogen and oxygen atoms in total. The van der Waals surface area contributed by atoms with Crippen molar-refractivity contribution in [3.05, 3.63) is 59.7 Å². The van der Waals surface area contributed by atoms with E-state index in [0.717, 1.165) is 4.90 Å². The molecule has 9 heteroatoms. The third-order valence-electron chi connectivity index (χ3n) is 4.68. The van der Waals surface area contributed by atoms with Crippen molar-refractivity contribution in [1.29, 1.82) is 0 Å². The molecule has 29 heavy (non-hydrogen) atoms. The topological polar surface area (TPSA) is 131 Å². The van der Waals surface area contributed by atoms with Gasteiger partial charge in [-0.25, -0.2) is 4.79 Å². The number of hydrogen-bond donors (Lipinski definition) is 3. The Bertz CT molecular complexity index is 989. The second-order valence-electron chi connectivity index (χ2n) is 6.67. The molecule has 4 N–H and O–H groups in total. The highest BCUT2D eigenvalue weighted by Gasteiger charge is 2.49. The van der Waals surface area contributed by atoms with Crippen LogP contribution in [-0.2, 0) is 15.1 Å². The molecule has 0 radical (unpaired) electrons. The fraction of sp³-hybridized carbons (Fsp3) is 0.200. The number of anilines is 1. The van der Waals surface area contributed by atoms with Gasteiger partial charge in [-0.2, -0.15) is 0 Å². The predicted molar refractivity (Wildman–Crippen MR) is 104 cm³/mol. The Morgan fingerprint density at radius 1 is 1.17 bits per heavy atom. The van der Waals surface area contributed by atoms with E-state index < -0.39 is 35.8 Å². The number of rotatable bonds is 6. The lowest BCUT2D eigenvalue weighted by molar-refractivity contribution is -0.133. The fourth-order valence-electron chi connectivity index (χ4n) is 3.03. The van der Waals surface area contributed by atoms with Crippen molar-refractivity contribution in [2.75, 3.05) is 19.0 Å². The summed E-state index contributed by atoms with van der Waals surface area (Å²) < 4.78 is 5.17. The predicted octanol–water partition coefficient (Wildman–Crippen LogP) is 1.20. The molecular formula is C20H20N4O5. The smallest absolute Gasteiger partial charge is 0.325 e. The van der Waals surface area contributed by atoms with Crippen molar-refractivity contribution in [2.45, 2.75) is 12.5 Å². The Kier molecular flexibility index (Phi) is 5.22. The lowest BCUT2D eigenvalue weighted by Crippen LogP contribution is -2.42. The monoisotopic (exact) mass is 396 g/mol. The van der Waals surface area contributed by atoms with Gasteiger partial charge in [-0.3, -0.25) is 19.3 Å². The van der Waals surface area contributed by atoms with Crippen LogP contribution in [0.2, 0.25) is 0 Å². The minimum atomic E-state index is -1.31. The van der Waals surface area contributed by atoms with E-state index in [1.54, 1.807) is 31.2 Å². The summed E-state index contributed by atoms with van der Waals surface area (Å²) in [6, 6.07) is 12.1. The zero-order valence-corrected chi connectivity index (χ0v) is 15.9. The molecule has 150 valence electrons. The van der Waals surface area contributed by atoms with Crippen LogP contribution in [0, 0.1) is 0 Å². The number of benzene rings is 2. The van der Waals surface area contributed by atoms with E-state index in [2.05, 4.69) is 10.6 Å². The lowest BCUT2D eigenvalue weighted by Gasteiger charge is -2.22. The van der Waals surface area contributed by atoms with Crippen molar-refractivity contribution >= 4 is 29.4 Å². The summed E-state index contributed by atoms with van der Waals surface area (Å²) in [5, 5.41) is 5.21. The first-order chi connectivity index (χ1) is 13.7. The lowest BCUT2D eigenvalue weighted by atomic mass is 9.92. The van der Waals surface area contributed by atoms with Gasteiger partial charge >= 0.3 is 6.03 Å². The van der Waals surface area contributed by atoms with E-state index >= 15 is 0 Å². The first kappa shape index (κ1) is 19.9. The summed E-state index contributed by atoms with van der Waals surface area (Å²) >= 11 is 0. The van der Waals surface area contributed by atoms with Gasteiger partial charge in [0, 0.05) is 11.3 Å². The van der Waals surface area contributed by atoms with Gasteiger partial charge in [0.2, 0.25) is 11.8 Å². The third kappa shape index (κ3) is 3.88. The molecule has 0 bridgehead atoms. The molecule has 1 heterocycles. The molecule has 0 spiro atoms. The van der Waals surface area contributed by atoms with Crippen molar-refractivity contribution in [3.63, 3.8) is 0 Å². The second kappa shape index (κ2) is 7.63. The van der Waals surface area contributed by atoms with Crippen LogP contribution in [0.5, 0.6) is 5.75 Å². The SMILES string of the molecule is COc1cccc([C@]2(C)NC(=O)N(CC(=O)Nc3ccc(C(N)=O)cc3)C2=O)c1. The maximum Gasteiger partial charge on any atom is 0.325 e. The van der Waals surface area contributed by atoms with Gasteiger partial charge in [0.25, 0.3) is 5.91 Å². The Balaban J connectivity index is 1.72. The molecule has 2 aromatic carbocycles. The van der Waals surface area contributed by atoms with Gasteiger partial charge in [0.15, 0.2) is 0 Å². The maximum absolute atomic E-state index is 12.9. The van der Waals surface area contributed by atoms with Crippen LogP contribution in [0.4, 0.5) is 10.5 Å².